The first-order chi connectivity index (χ1) is 15.9. The Balaban J connectivity index is 1.39. The number of para-hydroxylation sites is 2. The van der Waals surface area contributed by atoms with Gasteiger partial charge in [-0.15, -0.1) is 0 Å². The number of nitrogens with zero attached hydrogens (tertiary/aromatic N) is 4. The lowest BCUT2D eigenvalue weighted by Crippen LogP contribution is -2.44. The average Bonchev–Trinajstić information content (AvgIpc) is 3.15. The molecule has 2 aliphatic heterocycles. The smallest absolute Gasteiger partial charge is 0.204 e. The van der Waals surface area contributed by atoms with Crippen LogP contribution < -0.4 is 10.6 Å². The molecule has 0 amide bonds. The second kappa shape index (κ2) is 10.1. The lowest BCUT2D eigenvalue weighted by molar-refractivity contribution is 0.203. The summed E-state index contributed by atoms with van der Waals surface area (Å²) in [6, 6.07) is 8.84. The number of piperidine rings is 1. The number of likely N-dealkylation sites (tertiary alicyclic amines) is 1. The summed E-state index contributed by atoms with van der Waals surface area (Å²) in [6.07, 6.45) is 7.71. The average molecular weight is 449 g/mol. The van der Waals surface area contributed by atoms with Crippen molar-refractivity contribution in [3.63, 3.8) is 0 Å². The molecule has 0 bridgehead atoms. The first-order valence-corrected chi connectivity index (χ1v) is 12.5. The lowest BCUT2D eigenvalue weighted by Gasteiger charge is -2.35. The molecular formula is C27H40N6. The van der Waals surface area contributed by atoms with Gasteiger partial charge in [-0.05, 0) is 51.2 Å². The number of aliphatic imine (C=N–C) groups is 1. The van der Waals surface area contributed by atoms with Gasteiger partial charge in [-0.3, -0.25) is 9.89 Å². The SMILES string of the molecule is C=C(NCN1CCC(Nc2nc3ccccc3n2CC2=CCCC(C)=N2)CC1)C(C)(C)CC. The molecule has 1 saturated heterocycles. The van der Waals surface area contributed by atoms with Crippen LogP contribution in [0.25, 0.3) is 11.0 Å². The van der Waals surface area contributed by atoms with Crippen molar-refractivity contribution in [1.29, 1.82) is 0 Å². The Hall–Kier alpha value is -2.60. The first-order valence-electron chi connectivity index (χ1n) is 12.5. The number of anilines is 1. The van der Waals surface area contributed by atoms with Gasteiger partial charge in [0, 0.05) is 36.0 Å². The molecule has 6 heteroatoms. The van der Waals surface area contributed by atoms with Crippen LogP contribution in [0.15, 0.2) is 53.3 Å². The zero-order valence-corrected chi connectivity index (χ0v) is 20.8. The minimum absolute atomic E-state index is 0.134. The minimum Gasteiger partial charge on any atom is -0.376 e. The van der Waals surface area contributed by atoms with Crippen LogP contribution in [0.2, 0.25) is 0 Å². The molecule has 4 rings (SSSR count). The van der Waals surface area contributed by atoms with Crippen molar-refractivity contribution < 1.29 is 0 Å². The Labute approximate surface area is 198 Å². The molecule has 2 aromatic rings. The van der Waals surface area contributed by atoms with Gasteiger partial charge in [0.15, 0.2) is 0 Å². The fourth-order valence-corrected chi connectivity index (χ4v) is 4.48. The van der Waals surface area contributed by atoms with Crippen molar-refractivity contribution in [1.82, 2.24) is 19.8 Å². The number of aromatic nitrogens is 2. The molecule has 33 heavy (non-hydrogen) atoms. The van der Waals surface area contributed by atoms with Crippen LogP contribution in [0.3, 0.4) is 0 Å². The number of allylic oxidation sites excluding steroid dienone is 3. The highest BCUT2D eigenvalue weighted by Gasteiger charge is 2.23. The van der Waals surface area contributed by atoms with E-state index in [0.29, 0.717) is 6.04 Å². The predicted molar refractivity (Wildman–Crippen MR) is 140 cm³/mol. The van der Waals surface area contributed by atoms with Crippen LogP contribution in [-0.4, -0.2) is 46.0 Å². The molecule has 1 fully saturated rings. The second-order valence-corrected chi connectivity index (χ2v) is 10.2. The second-order valence-electron chi connectivity index (χ2n) is 10.2. The van der Waals surface area contributed by atoms with Crippen LogP contribution in [0.5, 0.6) is 0 Å². The Bertz CT molecular complexity index is 1040. The summed E-state index contributed by atoms with van der Waals surface area (Å²) >= 11 is 0. The molecule has 0 atom stereocenters. The maximum Gasteiger partial charge on any atom is 0.204 e. The van der Waals surface area contributed by atoms with Gasteiger partial charge in [0.25, 0.3) is 0 Å². The third-order valence-electron chi connectivity index (χ3n) is 7.33. The zero-order chi connectivity index (χ0) is 23.4. The van der Waals surface area contributed by atoms with Gasteiger partial charge in [0.2, 0.25) is 5.95 Å². The molecule has 6 nitrogen and oxygen atoms in total. The third-order valence-corrected chi connectivity index (χ3v) is 7.33. The van der Waals surface area contributed by atoms with Crippen molar-refractivity contribution in [3.8, 4) is 0 Å². The van der Waals surface area contributed by atoms with Crippen LogP contribution in [0.1, 0.15) is 59.8 Å². The molecule has 178 valence electrons. The molecule has 0 aliphatic carbocycles. The predicted octanol–water partition coefficient (Wildman–Crippen LogP) is 5.55. The Morgan fingerprint density at radius 1 is 1.21 bits per heavy atom. The number of nitrogens with one attached hydrogen (secondary N) is 2. The van der Waals surface area contributed by atoms with Gasteiger partial charge < -0.3 is 15.2 Å². The number of hydrogen-bond acceptors (Lipinski definition) is 5. The summed E-state index contributed by atoms with van der Waals surface area (Å²) in [7, 11) is 0. The van der Waals surface area contributed by atoms with Crippen LogP contribution >= 0.6 is 0 Å². The van der Waals surface area contributed by atoms with E-state index in [2.05, 4.69) is 84.7 Å². The quantitative estimate of drug-likeness (QED) is 0.528. The van der Waals surface area contributed by atoms with Crippen molar-refractivity contribution in [2.24, 2.45) is 10.4 Å². The van der Waals surface area contributed by atoms with E-state index in [1.165, 1.54) is 5.71 Å². The topological polar surface area (TPSA) is 57.5 Å². The summed E-state index contributed by atoms with van der Waals surface area (Å²) < 4.78 is 2.30. The van der Waals surface area contributed by atoms with Gasteiger partial charge in [0.1, 0.15) is 0 Å². The Kier molecular flexibility index (Phi) is 7.23. The summed E-state index contributed by atoms with van der Waals surface area (Å²) in [6.45, 7) is 16.9. The fourth-order valence-electron chi connectivity index (χ4n) is 4.48. The maximum absolute atomic E-state index is 4.94. The number of benzene rings is 1. The molecule has 1 aromatic carbocycles. The molecular weight excluding hydrogens is 408 g/mol. The van der Waals surface area contributed by atoms with E-state index in [9.17, 15) is 0 Å². The number of fused-ring (bicyclic) bond motifs is 1. The van der Waals surface area contributed by atoms with E-state index in [4.69, 9.17) is 9.98 Å². The molecule has 0 saturated carbocycles. The number of hydrogen-bond donors (Lipinski definition) is 2. The van der Waals surface area contributed by atoms with E-state index in [1.54, 1.807) is 0 Å². The standard InChI is InChI=1S/C27H40N6/c1-6-27(4,5)21(3)28-19-32-16-14-22(15-17-32)30-26-31-24-12-7-8-13-25(24)33(26)18-23-11-9-10-20(2)29-23/h7-8,11-13,22,28H,3,6,9-10,14-19H2,1-2,4-5H3,(H,30,31). The van der Waals surface area contributed by atoms with Crippen LogP contribution in [-0.2, 0) is 6.54 Å². The van der Waals surface area contributed by atoms with Gasteiger partial charge in [-0.2, -0.15) is 0 Å². The molecule has 2 aliphatic rings. The van der Waals surface area contributed by atoms with Crippen LogP contribution in [0, 0.1) is 5.41 Å². The van der Waals surface area contributed by atoms with Gasteiger partial charge in [-0.1, -0.05) is 45.6 Å². The van der Waals surface area contributed by atoms with Crippen molar-refractivity contribution in [2.45, 2.75) is 72.4 Å². The van der Waals surface area contributed by atoms with Crippen LogP contribution in [0.4, 0.5) is 5.95 Å². The minimum atomic E-state index is 0.134. The normalized spacial score (nSPS) is 18.2. The summed E-state index contributed by atoms with van der Waals surface area (Å²) in [4.78, 5) is 12.2. The van der Waals surface area contributed by atoms with E-state index in [-0.39, 0.29) is 5.41 Å². The summed E-state index contributed by atoms with van der Waals surface area (Å²) in [5.41, 5.74) is 5.83. The molecule has 2 N–H and O–H groups in total. The number of imidazole rings is 1. The Morgan fingerprint density at radius 2 is 1.97 bits per heavy atom. The highest BCUT2D eigenvalue weighted by Crippen LogP contribution is 2.27. The summed E-state index contributed by atoms with van der Waals surface area (Å²) in [5.74, 6) is 0.963. The molecule has 0 unspecified atom stereocenters. The first kappa shape index (κ1) is 23.6. The Morgan fingerprint density at radius 3 is 2.70 bits per heavy atom. The maximum atomic E-state index is 4.94. The molecule has 0 spiro atoms. The van der Waals surface area contributed by atoms with E-state index in [1.807, 2.05) is 0 Å². The van der Waals surface area contributed by atoms with E-state index < -0.39 is 0 Å². The zero-order valence-electron chi connectivity index (χ0n) is 20.8. The van der Waals surface area contributed by atoms with Crippen molar-refractivity contribution >= 4 is 22.7 Å². The highest BCUT2D eigenvalue weighted by atomic mass is 15.3. The fraction of sp³-hybridized carbons (Fsp3) is 0.556. The molecule has 1 aromatic heterocycles. The molecule has 0 radical (unpaired) electrons. The van der Waals surface area contributed by atoms with Crippen molar-refractivity contribution in [3.05, 3.63) is 48.3 Å². The highest BCUT2D eigenvalue weighted by molar-refractivity contribution is 5.84. The summed E-state index contributed by atoms with van der Waals surface area (Å²) in [5, 5.41) is 7.33. The van der Waals surface area contributed by atoms with E-state index >= 15 is 0 Å². The third kappa shape index (κ3) is 5.67. The monoisotopic (exact) mass is 448 g/mol. The van der Waals surface area contributed by atoms with Gasteiger partial charge >= 0.3 is 0 Å². The van der Waals surface area contributed by atoms with Gasteiger partial charge in [-0.25, -0.2) is 4.98 Å². The lowest BCUT2D eigenvalue weighted by atomic mass is 9.87. The van der Waals surface area contributed by atoms with Crippen molar-refractivity contribution in [2.75, 3.05) is 25.1 Å². The largest absolute Gasteiger partial charge is 0.376 e. The number of rotatable bonds is 9. The van der Waals surface area contributed by atoms with Gasteiger partial charge in [0.05, 0.1) is 29.9 Å². The molecule has 3 heterocycles. The van der Waals surface area contributed by atoms with E-state index in [0.717, 1.165) is 86.8 Å².